The van der Waals surface area contributed by atoms with Gasteiger partial charge >= 0.3 is 0 Å². The number of pyridine rings is 1. The van der Waals surface area contributed by atoms with Crippen LogP contribution in [0.4, 0.5) is 0 Å². The molecule has 7 heteroatoms. The Labute approximate surface area is 141 Å². The minimum Gasteiger partial charge on any atom is -0.506 e. The minimum absolute atomic E-state index is 0.0350. The molecule has 7 nitrogen and oxygen atoms in total. The Morgan fingerprint density at radius 2 is 2.21 bits per heavy atom. The van der Waals surface area contributed by atoms with Crippen molar-refractivity contribution >= 4 is 5.91 Å². The zero-order valence-electron chi connectivity index (χ0n) is 14.2. The predicted octanol–water partition coefficient (Wildman–Crippen LogP) is 0.791. The summed E-state index contributed by atoms with van der Waals surface area (Å²) in [4.78, 5) is 18.9. The van der Waals surface area contributed by atoms with Crippen molar-refractivity contribution in [1.82, 2.24) is 25.0 Å². The van der Waals surface area contributed by atoms with Crippen molar-refractivity contribution < 1.29 is 9.90 Å². The molecule has 0 spiro atoms. The van der Waals surface area contributed by atoms with Crippen molar-refractivity contribution in [2.24, 2.45) is 13.0 Å². The molecular formula is C17H23N5O2. The highest BCUT2D eigenvalue weighted by atomic mass is 16.3. The maximum Gasteiger partial charge on any atom is 0.224 e. The Kier molecular flexibility index (Phi) is 4.53. The normalized spacial score (nSPS) is 21.1. The van der Waals surface area contributed by atoms with Crippen molar-refractivity contribution in [3.8, 4) is 5.75 Å². The molecule has 3 rings (SSSR count). The zero-order valence-corrected chi connectivity index (χ0v) is 14.2. The van der Waals surface area contributed by atoms with Crippen LogP contribution >= 0.6 is 0 Å². The number of nitrogens with zero attached hydrogens (tertiary/aromatic N) is 4. The number of carbonyl (C=O) groups is 1. The van der Waals surface area contributed by atoms with Gasteiger partial charge in [0, 0.05) is 51.5 Å². The van der Waals surface area contributed by atoms with Crippen LogP contribution in [0.25, 0.3) is 0 Å². The smallest absolute Gasteiger partial charge is 0.224 e. The number of amides is 1. The molecule has 3 heterocycles. The monoisotopic (exact) mass is 329 g/mol. The van der Waals surface area contributed by atoms with Gasteiger partial charge in [-0.25, -0.2) is 0 Å². The summed E-state index contributed by atoms with van der Waals surface area (Å²) in [7, 11) is 3.54. The lowest BCUT2D eigenvalue weighted by Gasteiger charge is -2.16. The molecule has 0 saturated carbocycles. The molecule has 2 N–H and O–H groups in total. The Hall–Kier alpha value is -2.41. The van der Waals surface area contributed by atoms with E-state index in [1.807, 2.05) is 26.4 Å². The fraction of sp³-hybridized carbons (Fsp3) is 0.471. The third-order valence-electron chi connectivity index (χ3n) is 4.59. The first-order chi connectivity index (χ1) is 11.5. The molecule has 2 aromatic rings. The molecule has 128 valence electrons. The maximum atomic E-state index is 12.3. The SMILES string of the molecule is CNC(=O)[C@H]1CN(Cc2nc(C)ccc2O)C[C@@H]1c1cnn(C)c1. The van der Waals surface area contributed by atoms with Gasteiger partial charge in [-0.15, -0.1) is 0 Å². The molecule has 1 aliphatic rings. The summed E-state index contributed by atoms with van der Waals surface area (Å²) in [6.45, 7) is 3.80. The number of aromatic nitrogens is 3. The van der Waals surface area contributed by atoms with Crippen LogP contribution in [0.15, 0.2) is 24.5 Å². The minimum atomic E-state index is -0.133. The van der Waals surface area contributed by atoms with Crippen molar-refractivity contribution in [3.05, 3.63) is 41.5 Å². The van der Waals surface area contributed by atoms with E-state index >= 15 is 0 Å². The van der Waals surface area contributed by atoms with Gasteiger partial charge in [-0.3, -0.25) is 19.4 Å². The van der Waals surface area contributed by atoms with E-state index in [1.165, 1.54) is 0 Å². The quantitative estimate of drug-likeness (QED) is 0.866. The number of nitrogens with one attached hydrogen (secondary N) is 1. The van der Waals surface area contributed by atoms with Crippen molar-refractivity contribution in [2.75, 3.05) is 20.1 Å². The molecule has 0 radical (unpaired) electrons. The Balaban J connectivity index is 1.81. The van der Waals surface area contributed by atoms with Crippen LogP contribution < -0.4 is 5.32 Å². The fourth-order valence-corrected chi connectivity index (χ4v) is 3.37. The lowest BCUT2D eigenvalue weighted by Crippen LogP contribution is -2.32. The van der Waals surface area contributed by atoms with E-state index in [2.05, 4.69) is 20.3 Å². The summed E-state index contributed by atoms with van der Waals surface area (Å²) in [5.74, 6) is 0.187. The number of carbonyl (C=O) groups excluding carboxylic acids is 1. The second-order valence-corrected chi connectivity index (χ2v) is 6.39. The van der Waals surface area contributed by atoms with Crippen LogP contribution in [0.2, 0.25) is 0 Å². The Bertz CT molecular complexity index is 742. The van der Waals surface area contributed by atoms with Gasteiger partial charge in [-0.2, -0.15) is 5.10 Å². The first-order valence-corrected chi connectivity index (χ1v) is 8.06. The Morgan fingerprint density at radius 1 is 1.42 bits per heavy atom. The van der Waals surface area contributed by atoms with Gasteiger partial charge in [0.1, 0.15) is 5.75 Å². The maximum absolute atomic E-state index is 12.3. The molecule has 24 heavy (non-hydrogen) atoms. The van der Waals surface area contributed by atoms with E-state index in [1.54, 1.807) is 23.9 Å². The fourth-order valence-electron chi connectivity index (χ4n) is 3.37. The van der Waals surface area contributed by atoms with E-state index in [0.717, 1.165) is 17.8 Å². The number of aromatic hydroxyl groups is 1. The molecule has 0 unspecified atom stereocenters. The second-order valence-electron chi connectivity index (χ2n) is 6.39. The third kappa shape index (κ3) is 3.26. The van der Waals surface area contributed by atoms with Crippen molar-refractivity contribution in [1.29, 1.82) is 0 Å². The van der Waals surface area contributed by atoms with Gasteiger partial charge in [0.2, 0.25) is 5.91 Å². The van der Waals surface area contributed by atoms with Gasteiger partial charge in [0.05, 0.1) is 17.8 Å². The summed E-state index contributed by atoms with van der Waals surface area (Å²) < 4.78 is 1.76. The van der Waals surface area contributed by atoms with E-state index in [-0.39, 0.29) is 23.5 Å². The molecule has 0 aliphatic carbocycles. The second kappa shape index (κ2) is 6.60. The molecule has 1 aliphatic heterocycles. The van der Waals surface area contributed by atoms with Gasteiger partial charge < -0.3 is 10.4 Å². The molecule has 1 fully saturated rings. The van der Waals surface area contributed by atoms with E-state index in [4.69, 9.17) is 0 Å². The number of aryl methyl sites for hydroxylation is 2. The van der Waals surface area contributed by atoms with Crippen LogP contribution in [0.1, 0.15) is 22.9 Å². The number of likely N-dealkylation sites (tertiary alicyclic amines) is 1. The highest BCUT2D eigenvalue weighted by molar-refractivity contribution is 5.80. The summed E-state index contributed by atoms with van der Waals surface area (Å²) >= 11 is 0. The summed E-state index contributed by atoms with van der Waals surface area (Å²) in [6, 6.07) is 3.46. The highest BCUT2D eigenvalue weighted by Crippen LogP contribution is 2.34. The van der Waals surface area contributed by atoms with E-state index in [9.17, 15) is 9.90 Å². The number of hydrogen-bond acceptors (Lipinski definition) is 5. The number of rotatable bonds is 4. The molecule has 2 atom stereocenters. The largest absolute Gasteiger partial charge is 0.506 e. The lowest BCUT2D eigenvalue weighted by atomic mass is 9.90. The molecule has 0 aromatic carbocycles. The van der Waals surface area contributed by atoms with E-state index in [0.29, 0.717) is 18.8 Å². The van der Waals surface area contributed by atoms with Crippen LogP contribution in [0.5, 0.6) is 5.75 Å². The standard InChI is InChI=1S/C17H23N5O2/c1-11-4-5-16(23)15(20-11)10-22-8-13(12-6-19-21(3)7-12)14(9-22)17(24)18-2/h4-7,13-14,23H,8-10H2,1-3H3,(H,18,24)/t13-,14+/m1/s1. The molecule has 0 bridgehead atoms. The van der Waals surface area contributed by atoms with Crippen molar-refractivity contribution in [3.63, 3.8) is 0 Å². The molecular weight excluding hydrogens is 306 g/mol. The van der Waals surface area contributed by atoms with Crippen LogP contribution in [-0.4, -0.2) is 50.8 Å². The average molecular weight is 329 g/mol. The lowest BCUT2D eigenvalue weighted by molar-refractivity contribution is -0.124. The van der Waals surface area contributed by atoms with Gasteiger partial charge in [0.25, 0.3) is 0 Å². The van der Waals surface area contributed by atoms with Gasteiger partial charge in [-0.1, -0.05) is 0 Å². The Morgan fingerprint density at radius 3 is 2.88 bits per heavy atom. The first kappa shape index (κ1) is 16.4. The molecule has 1 amide bonds. The van der Waals surface area contributed by atoms with Crippen LogP contribution in [-0.2, 0) is 18.4 Å². The van der Waals surface area contributed by atoms with Gasteiger partial charge in [-0.05, 0) is 24.6 Å². The summed E-state index contributed by atoms with van der Waals surface area (Å²) in [5.41, 5.74) is 2.58. The molecule has 1 saturated heterocycles. The zero-order chi connectivity index (χ0) is 17.3. The first-order valence-electron chi connectivity index (χ1n) is 8.06. The van der Waals surface area contributed by atoms with Crippen LogP contribution in [0.3, 0.4) is 0 Å². The molecule has 2 aromatic heterocycles. The highest BCUT2D eigenvalue weighted by Gasteiger charge is 2.38. The van der Waals surface area contributed by atoms with Crippen molar-refractivity contribution in [2.45, 2.75) is 19.4 Å². The summed E-state index contributed by atoms with van der Waals surface area (Å²) in [5, 5.41) is 17.0. The number of hydrogen-bond donors (Lipinski definition) is 2. The van der Waals surface area contributed by atoms with Crippen LogP contribution in [0, 0.1) is 12.8 Å². The van der Waals surface area contributed by atoms with E-state index < -0.39 is 0 Å². The topological polar surface area (TPSA) is 83.3 Å². The average Bonchev–Trinajstić information content (AvgIpc) is 3.16. The predicted molar refractivity (Wildman–Crippen MR) is 89.4 cm³/mol. The van der Waals surface area contributed by atoms with Gasteiger partial charge in [0.15, 0.2) is 0 Å². The summed E-state index contributed by atoms with van der Waals surface area (Å²) in [6.07, 6.45) is 3.79. The third-order valence-corrected chi connectivity index (χ3v) is 4.59.